The van der Waals surface area contributed by atoms with E-state index in [1.165, 1.54) is 7.11 Å². The number of amides is 1. The molecule has 1 saturated heterocycles. The number of hydrogen-bond acceptors (Lipinski definition) is 3. The highest BCUT2D eigenvalue weighted by Crippen LogP contribution is 2.22. The number of nitrogens with two attached hydrogens (primary N) is 1. The van der Waals surface area contributed by atoms with Gasteiger partial charge in [-0.15, -0.1) is 0 Å². The number of carbonyl (C=O) groups is 1. The number of carbonyl (C=O) groups excluding carboxylic acids is 1. The van der Waals surface area contributed by atoms with Crippen LogP contribution in [0, 0.1) is 11.8 Å². The fraction of sp³-hybridized carbons (Fsp3) is 0.909. The fourth-order valence-electron chi connectivity index (χ4n) is 1.96. The van der Waals surface area contributed by atoms with Gasteiger partial charge in [-0.2, -0.15) is 0 Å². The van der Waals surface area contributed by atoms with Crippen LogP contribution in [-0.2, 0) is 9.53 Å². The lowest BCUT2D eigenvalue weighted by molar-refractivity contribution is -0.143. The third-order valence-corrected chi connectivity index (χ3v) is 3.42. The summed E-state index contributed by atoms with van der Waals surface area (Å²) in [5.74, 6) is 1.31. The molecule has 0 aromatic heterocycles. The molecular formula is C11H22N2O2. The Hall–Kier alpha value is -0.610. The van der Waals surface area contributed by atoms with Crippen LogP contribution in [0.5, 0.6) is 0 Å². The van der Waals surface area contributed by atoms with Crippen LogP contribution < -0.4 is 5.73 Å². The first-order valence-electron chi connectivity index (χ1n) is 5.61. The smallest absolute Gasteiger partial charge is 0.253 e. The van der Waals surface area contributed by atoms with Gasteiger partial charge in [-0.25, -0.2) is 0 Å². The summed E-state index contributed by atoms with van der Waals surface area (Å²) in [5, 5.41) is 0. The molecule has 0 aromatic carbocycles. The van der Waals surface area contributed by atoms with Gasteiger partial charge in [0.25, 0.3) is 5.91 Å². The molecule has 3 atom stereocenters. The Balaban J connectivity index is 2.53. The zero-order valence-electron chi connectivity index (χ0n) is 9.90. The number of piperidine rings is 1. The summed E-state index contributed by atoms with van der Waals surface area (Å²) in [4.78, 5) is 13.8. The van der Waals surface area contributed by atoms with Gasteiger partial charge in [0.15, 0.2) is 0 Å². The highest BCUT2D eigenvalue weighted by molar-refractivity contribution is 5.81. The third-order valence-electron chi connectivity index (χ3n) is 3.42. The lowest BCUT2D eigenvalue weighted by atomic mass is 9.88. The van der Waals surface area contributed by atoms with Gasteiger partial charge < -0.3 is 15.4 Å². The van der Waals surface area contributed by atoms with E-state index in [1.807, 2.05) is 4.90 Å². The van der Waals surface area contributed by atoms with Crippen LogP contribution in [0.1, 0.15) is 20.3 Å². The summed E-state index contributed by atoms with van der Waals surface area (Å²) in [5.41, 5.74) is 5.48. The third kappa shape index (κ3) is 2.92. The van der Waals surface area contributed by atoms with Crippen molar-refractivity contribution in [1.29, 1.82) is 0 Å². The van der Waals surface area contributed by atoms with E-state index in [1.54, 1.807) is 0 Å². The molecule has 3 unspecified atom stereocenters. The highest BCUT2D eigenvalue weighted by atomic mass is 16.5. The largest absolute Gasteiger partial charge is 0.370 e. The lowest BCUT2D eigenvalue weighted by Crippen LogP contribution is -2.49. The second kappa shape index (κ2) is 5.47. The minimum Gasteiger partial charge on any atom is -0.370 e. The van der Waals surface area contributed by atoms with Gasteiger partial charge in [-0.1, -0.05) is 13.8 Å². The average molecular weight is 214 g/mol. The zero-order valence-corrected chi connectivity index (χ0v) is 9.90. The minimum absolute atomic E-state index is 0.0405. The molecule has 0 aliphatic carbocycles. The van der Waals surface area contributed by atoms with E-state index < -0.39 is 6.10 Å². The number of nitrogens with zero attached hydrogens (tertiary/aromatic N) is 1. The number of methoxy groups -OCH3 is 1. The predicted octanol–water partition coefficient (Wildman–Crippen LogP) is 0.465. The molecule has 1 heterocycles. The number of rotatable bonds is 3. The summed E-state index contributed by atoms with van der Waals surface area (Å²) in [6, 6.07) is 0. The van der Waals surface area contributed by atoms with E-state index in [0.717, 1.165) is 19.5 Å². The van der Waals surface area contributed by atoms with Crippen molar-refractivity contribution in [3.05, 3.63) is 0 Å². The van der Waals surface area contributed by atoms with Crippen LogP contribution in [0.2, 0.25) is 0 Å². The van der Waals surface area contributed by atoms with E-state index in [-0.39, 0.29) is 12.5 Å². The molecule has 0 aromatic rings. The Morgan fingerprint density at radius 1 is 1.53 bits per heavy atom. The molecule has 0 saturated carbocycles. The molecule has 1 amide bonds. The Morgan fingerprint density at radius 3 is 2.67 bits per heavy atom. The first kappa shape index (κ1) is 12.5. The molecule has 4 heteroatoms. The molecule has 0 bridgehead atoms. The fourth-order valence-corrected chi connectivity index (χ4v) is 1.96. The number of likely N-dealkylation sites (tertiary alicyclic amines) is 1. The van der Waals surface area contributed by atoms with E-state index in [9.17, 15) is 4.79 Å². The van der Waals surface area contributed by atoms with Crippen molar-refractivity contribution in [2.45, 2.75) is 26.4 Å². The van der Waals surface area contributed by atoms with Gasteiger partial charge in [0.2, 0.25) is 0 Å². The molecule has 15 heavy (non-hydrogen) atoms. The van der Waals surface area contributed by atoms with Crippen molar-refractivity contribution in [1.82, 2.24) is 4.90 Å². The van der Waals surface area contributed by atoms with Gasteiger partial charge in [-0.05, 0) is 18.3 Å². The van der Waals surface area contributed by atoms with Gasteiger partial charge in [0.1, 0.15) is 6.10 Å². The maximum absolute atomic E-state index is 11.9. The van der Waals surface area contributed by atoms with Crippen molar-refractivity contribution in [2.24, 2.45) is 17.6 Å². The standard InChI is InChI=1S/C11H22N2O2/c1-8-4-5-13(7-9(8)2)11(14)10(6-12)15-3/h8-10H,4-7,12H2,1-3H3. The molecule has 1 rings (SSSR count). The van der Waals surface area contributed by atoms with Gasteiger partial charge in [0.05, 0.1) is 0 Å². The van der Waals surface area contributed by atoms with Gasteiger partial charge in [0, 0.05) is 26.7 Å². The maximum atomic E-state index is 11.9. The molecule has 1 fully saturated rings. The number of hydrogen-bond donors (Lipinski definition) is 1. The van der Waals surface area contributed by atoms with Gasteiger partial charge >= 0.3 is 0 Å². The molecule has 1 aliphatic heterocycles. The number of ether oxygens (including phenoxy) is 1. The summed E-state index contributed by atoms with van der Waals surface area (Å²) in [6.45, 7) is 6.36. The van der Waals surface area contributed by atoms with Crippen molar-refractivity contribution < 1.29 is 9.53 Å². The van der Waals surface area contributed by atoms with Crippen LogP contribution >= 0.6 is 0 Å². The van der Waals surface area contributed by atoms with E-state index in [4.69, 9.17) is 10.5 Å². The highest BCUT2D eigenvalue weighted by Gasteiger charge is 2.29. The quantitative estimate of drug-likeness (QED) is 0.743. The first-order chi connectivity index (χ1) is 7.10. The van der Waals surface area contributed by atoms with Crippen LogP contribution in [0.25, 0.3) is 0 Å². The summed E-state index contributed by atoms with van der Waals surface area (Å²) < 4.78 is 5.06. The second-order valence-electron chi connectivity index (χ2n) is 4.49. The van der Waals surface area contributed by atoms with E-state index in [2.05, 4.69) is 13.8 Å². The van der Waals surface area contributed by atoms with E-state index in [0.29, 0.717) is 11.8 Å². The van der Waals surface area contributed by atoms with Crippen LogP contribution in [0.4, 0.5) is 0 Å². The Bertz CT molecular complexity index is 217. The van der Waals surface area contributed by atoms with Crippen LogP contribution in [0.3, 0.4) is 0 Å². The Labute approximate surface area is 91.8 Å². The molecule has 0 spiro atoms. The lowest BCUT2D eigenvalue weighted by Gasteiger charge is -2.36. The van der Waals surface area contributed by atoms with Crippen molar-refractivity contribution in [2.75, 3.05) is 26.7 Å². The zero-order chi connectivity index (χ0) is 11.4. The SMILES string of the molecule is COC(CN)C(=O)N1CCC(C)C(C)C1. The normalized spacial score (nSPS) is 28.9. The molecule has 1 aliphatic rings. The average Bonchev–Trinajstić information content (AvgIpc) is 2.23. The van der Waals surface area contributed by atoms with Crippen molar-refractivity contribution in [3.63, 3.8) is 0 Å². The molecule has 0 radical (unpaired) electrons. The van der Waals surface area contributed by atoms with Crippen LogP contribution in [0.15, 0.2) is 0 Å². The molecule has 2 N–H and O–H groups in total. The van der Waals surface area contributed by atoms with Crippen LogP contribution in [-0.4, -0.2) is 43.7 Å². The van der Waals surface area contributed by atoms with Crippen molar-refractivity contribution >= 4 is 5.91 Å². The molecule has 88 valence electrons. The monoisotopic (exact) mass is 214 g/mol. The summed E-state index contributed by atoms with van der Waals surface area (Å²) >= 11 is 0. The topological polar surface area (TPSA) is 55.6 Å². The maximum Gasteiger partial charge on any atom is 0.253 e. The molecular weight excluding hydrogens is 192 g/mol. The Morgan fingerprint density at radius 2 is 2.20 bits per heavy atom. The van der Waals surface area contributed by atoms with E-state index >= 15 is 0 Å². The minimum atomic E-state index is -0.467. The Kier molecular flexibility index (Phi) is 4.54. The van der Waals surface area contributed by atoms with Gasteiger partial charge in [-0.3, -0.25) is 4.79 Å². The second-order valence-corrected chi connectivity index (χ2v) is 4.49. The summed E-state index contributed by atoms with van der Waals surface area (Å²) in [6.07, 6.45) is 0.610. The van der Waals surface area contributed by atoms with Crippen molar-refractivity contribution in [3.8, 4) is 0 Å². The summed E-state index contributed by atoms with van der Waals surface area (Å²) in [7, 11) is 1.53. The first-order valence-corrected chi connectivity index (χ1v) is 5.61. The molecule has 4 nitrogen and oxygen atoms in total. The predicted molar refractivity (Wildman–Crippen MR) is 59.4 cm³/mol.